The molecule has 1 N–H and O–H groups in total. The second-order valence-electron chi connectivity index (χ2n) is 7.13. The molecular formula is C21H20ClN5O5. The van der Waals surface area contributed by atoms with Gasteiger partial charge in [-0.1, -0.05) is 11.6 Å². The van der Waals surface area contributed by atoms with Crippen LogP contribution >= 0.6 is 11.6 Å². The molecule has 10 nitrogen and oxygen atoms in total. The number of carbonyl (C=O) groups excluding carboxylic acids is 2. The molecule has 166 valence electrons. The summed E-state index contributed by atoms with van der Waals surface area (Å²) in [6, 6.07) is 6.72. The Morgan fingerprint density at radius 2 is 1.88 bits per heavy atom. The molecule has 1 atom stereocenters. The molecule has 0 unspecified atom stereocenters. The van der Waals surface area contributed by atoms with Crippen molar-refractivity contribution in [3.63, 3.8) is 0 Å². The minimum atomic E-state index is -0.505. The highest BCUT2D eigenvalue weighted by molar-refractivity contribution is 6.29. The first-order valence-electron chi connectivity index (χ1n) is 9.65. The van der Waals surface area contributed by atoms with Crippen LogP contribution in [0, 0.1) is 6.92 Å². The maximum Gasteiger partial charge on any atom is 0.308 e. The molecule has 4 rings (SSSR count). The zero-order valence-electron chi connectivity index (χ0n) is 17.8. The molecule has 0 spiro atoms. The zero-order valence-corrected chi connectivity index (χ0v) is 18.6. The third kappa shape index (κ3) is 3.84. The van der Waals surface area contributed by atoms with Crippen LogP contribution in [0.5, 0.6) is 17.2 Å². The Bertz CT molecular complexity index is 1180. The van der Waals surface area contributed by atoms with E-state index in [1.54, 1.807) is 24.3 Å². The second kappa shape index (κ2) is 8.46. The van der Waals surface area contributed by atoms with E-state index in [2.05, 4.69) is 20.6 Å². The van der Waals surface area contributed by atoms with Crippen molar-refractivity contribution >= 4 is 29.3 Å². The molecule has 11 heteroatoms. The fourth-order valence-electron chi connectivity index (χ4n) is 3.77. The maximum atomic E-state index is 12.6. The van der Waals surface area contributed by atoms with E-state index in [1.807, 2.05) is 6.92 Å². The topological polar surface area (TPSA) is 117 Å². The molecule has 0 saturated carbocycles. The van der Waals surface area contributed by atoms with Crippen LogP contribution in [0.1, 0.15) is 36.1 Å². The number of amides is 1. The Kier molecular flexibility index (Phi) is 5.70. The first-order chi connectivity index (χ1) is 15.3. The number of aromatic nitrogens is 4. The minimum Gasteiger partial charge on any atom is -0.493 e. The number of carbonyl (C=O) groups is 2. The van der Waals surface area contributed by atoms with Gasteiger partial charge < -0.3 is 19.5 Å². The molecule has 1 aliphatic rings. The van der Waals surface area contributed by atoms with Crippen molar-refractivity contribution in [2.75, 3.05) is 19.5 Å². The Balaban J connectivity index is 1.86. The third-order valence-electron chi connectivity index (χ3n) is 5.07. The van der Waals surface area contributed by atoms with E-state index in [4.69, 9.17) is 25.8 Å². The Morgan fingerprint density at radius 1 is 1.19 bits per heavy atom. The monoisotopic (exact) mass is 457 g/mol. The maximum absolute atomic E-state index is 12.6. The Hall–Kier alpha value is -3.66. The van der Waals surface area contributed by atoms with Crippen LogP contribution in [-0.2, 0) is 9.59 Å². The molecule has 3 heterocycles. The smallest absolute Gasteiger partial charge is 0.308 e. The highest BCUT2D eigenvalue weighted by Crippen LogP contribution is 2.46. The molecule has 0 fully saturated rings. The van der Waals surface area contributed by atoms with Crippen molar-refractivity contribution in [1.82, 2.24) is 20.0 Å². The number of anilines is 1. The molecule has 0 radical (unpaired) electrons. The van der Waals surface area contributed by atoms with Gasteiger partial charge in [-0.15, -0.1) is 10.2 Å². The zero-order chi connectivity index (χ0) is 23.0. The first kappa shape index (κ1) is 21.6. The van der Waals surface area contributed by atoms with Gasteiger partial charge in [0.25, 0.3) is 0 Å². The standard InChI is InChI=1S/C21H20ClN5O5/c1-10-19-13(12-7-14(30-3)20(32-11(2)28)15(8-12)31-4)9-18(29)23-21(19)27(26-10)17-6-5-16(22)24-25-17/h5-8,13H,9H2,1-4H3,(H,23,29)/t13-/m0/s1. The number of nitrogens with one attached hydrogen (secondary N) is 1. The van der Waals surface area contributed by atoms with E-state index in [9.17, 15) is 9.59 Å². The quantitative estimate of drug-likeness (QED) is 0.459. The van der Waals surface area contributed by atoms with Crippen LogP contribution < -0.4 is 19.5 Å². The highest BCUT2D eigenvalue weighted by Gasteiger charge is 2.34. The normalized spacial score (nSPS) is 15.0. The Labute approximate surface area is 188 Å². The molecule has 0 bridgehead atoms. The number of rotatable bonds is 5. The lowest BCUT2D eigenvalue weighted by molar-refractivity contribution is -0.132. The number of esters is 1. The summed E-state index contributed by atoms with van der Waals surface area (Å²) in [5.41, 5.74) is 2.28. The van der Waals surface area contributed by atoms with E-state index in [0.717, 1.165) is 11.1 Å². The summed E-state index contributed by atoms with van der Waals surface area (Å²) in [7, 11) is 2.93. The van der Waals surface area contributed by atoms with Gasteiger partial charge in [0, 0.05) is 24.8 Å². The number of ether oxygens (including phenoxy) is 3. The fourth-order valence-corrected chi connectivity index (χ4v) is 3.87. The van der Waals surface area contributed by atoms with Crippen molar-refractivity contribution in [1.29, 1.82) is 0 Å². The number of aryl methyl sites for hydroxylation is 1. The lowest BCUT2D eigenvalue weighted by atomic mass is 9.85. The van der Waals surface area contributed by atoms with Crippen molar-refractivity contribution in [3.8, 4) is 23.1 Å². The molecule has 32 heavy (non-hydrogen) atoms. The van der Waals surface area contributed by atoms with Gasteiger partial charge in [0.2, 0.25) is 11.7 Å². The molecule has 1 amide bonds. The van der Waals surface area contributed by atoms with Crippen LogP contribution in [0.15, 0.2) is 24.3 Å². The van der Waals surface area contributed by atoms with Gasteiger partial charge in [-0.05, 0) is 36.8 Å². The summed E-state index contributed by atoms with van der Waals surface area (Å²) in [5, 5.41) is 15.6. The summed E-state index contributed by atoms with van der Waals surface area (Å²) in [6.45, 7) is 3.15. The predicted molar refractivity (Wildman–Crippen MR) is 115 cm³/mol. The lowest BCUT2D eigenvalue weighted by Crippen LogP contribution is -2.25. The van der Waals surface area contributed by atoms with Gasteiger partial charge in [-0.2, -0.15) is 9.78 Å². The summed E-state index contributed by atoms with van der Waals surface area (Å²) in [5.74, 6) is 0.689. The molecule has 0 aliphatic carbocycles. The van der Waals surface area contributed by atoms with Gasteiger partial charge in [0.15, 0.2) is 22.5 Å². The summed E-state index contributed by atoms with van der Waals surface area (Å²) < 4.78 is 17.7. The van der Waals surface area contributed by atoms with E-state index >= 15 is 0 Å². The molecular weight excluding hydrogens is 438 g/mol. The number of benzene rings is 1. The molecule has 1 aliphatic heterocycles. The van der Waals surface area contributed by atoms with Crippen LogP contribution in [0.2, 0.25) is 5.15 Å². The second-order valence-corrected chi connectivity index (χ2v) is 7.51. The molecule has 3 aromatic rings. The largest absolute Gasteiger partial charge is 0.493 e. The van der Waals surface area contributed by atoms with Crippen LogP contribution in [0.4, 0.5) is 5.82 Å². The van der Waals surface area contributed by atoms with Gasteiger partial charge in [-0.25, -0.2) is 0 Å². The summed E-state index contributed by atoms with van der Waals surface area (Å²) >= 11 is 5.85. The van der Waals surface area contributed by atoms with Crippen molar-refractivity contribution in [2.24, 2.45) is 0 Å². The molecule has 2 aromatic heterocycles. The predicted octanol–water partition coefficient (Wildman–Crippen LogP) is 3.04. The van der Waals surface area contributed by atoms with E-state index in [0.29, 0.717) is 28.8 Å². The van der Waals surface area contributed by atoms with Gasteiger partial charge in [0.1, 0.15) is 5.82 Å². The number of halogens is 1. The number of fused-ring (bicyclic) bond motifs is 1. The van der Waals surface area contributed by atoms with Crippen LogP contribution in [0.3, 0.4) is 0 Å². The van der Waals surface area contributed by atoms with Crippen LogP contribution in [-0.4, -0.2) is 46.1 Å². The number of hydrogen-bond donors (Lipinski definition) is 1. The average molecular weight is 458 g/mol. The number of methoxy groups -OCH3 is 2. The Morgan fingerprint density at radius 3 is 2.44 bits per heavy atom. The molecule has 1 aromatic carbocycles. The highest BCUT2D eigenvalue weighted by atomic mass is 35.5. The van der Waals surface area contributed by atoms with Crippen molar-refractivity contribution < 1.29 is 23.8 Å². The average Bonchev–Trinajstić information content (AvgIpc) is 3.09. The SMILES string of the molecule is COc1cc([C@@H]2CC(=O)Nc3c2c(C)nn3-c2ccc(Cl)nn2)cc(OC)c1OC(C)=O. The number of nitrogens with zero attached hydrogens (tertiary/aromatic N) is 4. The summed E-state index contributed by atoms with van der Waals surface area (Å²) in [4.78, 5) is 24.2. The summed E-state index contributed by atoms with van der Waals surface area (Å²) in [6.07, 6.45) is 0.186. The van der Waals surface area contributed by atoms with E-state index in [1.165, 1.54) is 25.8 Å². The fraction of sp³-hybridized carbons (Fsp3) is 0.286. The van der Waals surface area contributed by atoms with Crippen molar-refractivity contribution in [3.05, 3.63) is 46.2 Å². The lowest BCUT2D eigenvalue weighted by Gasteiger charge is -2.25. The van der Waals surface area contributed by atoms with Gasteiger partial charge in [-0.3, -0.25) is 9.59 Å². The van der Waals surface area contributed by atoms with Crippen molar-refractivity contribution in [2.45, 2.75) is 26.2 Å². The first-order valence-corrected chi connectivity index (χ1v) is 10.0. The van der Waals surface area contributed by atoms with Crippen LogP contribution in [0.25, 0.3) is 5.82 Å². The van der Waals surface area contributed by atoms with E-state index in [-0.39, 0.29) is 29.1 Å². The third-order valence-corrected chi connectivity index (χ3v) is 5.27. The van der Waals surface area contributed by atoms with E-state index < -0.39 is 5.97 Å². The molecule has 0 saturated heterocycles. The van der Waals surface area contributed by atoms with Gasteiger partial charge in [0.05, 0.1) is 19.9 Å². The number of hydrogen-bond acceptors (Lipinski definition) is 8. The van der Waals surface area contributed by atoms with Gasteiger partial charge >= 0.3 is 5.97 Å². The minimum absolute atomic E-state index is 0.176.